The third-order valence-corrected chi connectivity index (χ3v) is 5.50. The monoisotopic (exact) mass is 306 g/mol. The Morgan fingerprint density at radius 2 is 2.10 bits per heavy atom. The molecule has 0 amide bonds. The number of aryl methyl sites for hydroxylation is 1. The molecule has 21 heavy (non-hydrogen) atoms. The van der Waals surface area contributed by atoms with E-state index < -0.39 is 15.9 Å². The van der Waals surface area contributed by atoms with Gasteiger partial charge < -0.3 is 10.4 Å². The fourth-order valence-corrected chi connectivity index (χ4v) is 4.44. The summed E-state index contributed by atoms with van der Waals surface area (Å²) in [5, 5.41) is 13.9. The predicted molar refractivity (Wildman–Crippen MR) is 81.8 cm³/mol. The average molecular weight is 306 g/mol. The normalized spacial score (nSPS) is 24.5. The van der Waals surface area contributed by atoms with Gasteiger partial charge in [0.25, 0.3) is 0 Å². The molecule has 2 aromatic rings. The molecule has 0 bridgehead atoms. The van der Waals surface area contributed by atoms with E-state index in [0.717, 1.165) is 22.2 Å². The lowest BCUT2D eigenvalue weighted by Gasteiger charge is -2.15. The van der Waals surface area contributed by atoms with Crippen LogP contribution in [0.1, 0.15) is 11.3 Å². The number of pyridine rings is 1. The van der Waals surface area contributed by atoms with Crippen LogP contribution in [-0.2, 0) is 16.4 Å². The average Bonchev–Trinajstić information content (AvgIpc) is 2.69. The van der Waals surface area contributed by atoms with Gasteiger partial charge in [0.2, 0.25) is 0 Å². The lowest BCUT2D eigenvalue weighted by atomic mass is 10.1. The number of benzene rings is 1. The highest BCUT2D eigenvalue weighted by atomic mass is 32.2. The molecule has 2 N–H and O–H groups in total. The van der Waals surface area contributed by atoms with Gasteiger partial charge in [0.05, 0.1) is 23.1 Å². The second kappa shape index (κ2) is 5.36. The summed E-state index contributed by atoms with van der Waals surface area (Å²) in [5.41, 5.74) is 2.97. The van der Waals surface area contributed by atoms with Crippen LogP contribution in [0.15, 0.2) is 30.3 Å². The SMILES string of the molecule is Cc1ccc2cc(CN[C@@H]3CS(=O)(=O)C[C@H]3O)ccc2n1. The van der Waals surface area contributed by atoms with E-state index in [9.17, 15) is 13.5 Å². The van der Waals surface area contributed by atoms with E-state index in [1.807, 2.05) is 37.3 Å². The Kier molecular flexibility index (Phi) is 3.69. The number of hydrogen-bond donors (Lipinski definition) is 2. The summed E-state index contributed by atoms with van der Waals surface area (Å²) in [7, 11) is -3.11. The van der Waals surface area contributed by atoms with Crippen LogP contribution in [0.2, 0.25) is 0 Å². The molecule has 2 atom stereocenters. The molecule has 112 valence electrons. The number of aliphatic hydroxyl groups excluding tert-OH is 1. The maximum absolute atomic E-state index is 11.5. The molecule has 1 aliphatic rings. The van der Waals surface area contributed by atoms with Crippen molar-refractivity contribution in [3.05, 3.63) is 41.6 Å². The van der Waals surface area contributed by atoms with Gasteiger partial charge in [-0.1, -0.05) is 12.1 Å². The van der Waals surface area contributed by atoms with Crippen molar-refractivity contribution in [3.63, 3.8) is 0 Å². The zero-order chi connectivity index (χ0) is 15.0. The highest BCUT2D eigenvalue weighted by molar-refractivity contribution is 7.91. The van der Waals surface area contributed by atoms with E-state index in [1.165, 1.54) is 0 Å². The molecule has 3 rings (SSSR count). The third-order valence-electron chi connectivity index (χ3n) is 3.78. The van der Waals surface area contributed by atoms with Crippen LogP contribution >= 0.6 is 0 Å². The first-order valence-electron chi connectivity index (χ1n) is 6.91. The van der Waals surface area contributed by atoms with Crippen LogP contribution in [0, 0.1) is 6.92 Å². The smallest absolute Gasteiger partial charge is 0.154 e. The highest BCUT2D eigenvalue weighted by Crippen LogP contribution is 2.16. The molecule has 2 heterocycles. The van der Waals surface area contributed by atoms with Gasteiger partial charge >= 0.3 is 0 Å². The van der Waals surface area contributed by atoms with Crippen LogP contribution in [0.4, 0.5) is 0 Å². The predicted octanol–water partition coefficient (Wildman–Crippen LogP) is 0.791. The first-order valence-corrected chi connectivity index (χ1v) is 8.73. The van der Waals surface area contributed by atoms with Gasteiger partial charge in [-0.25, -0.2) is 8.42 Å². The molecular weight excluding hydrogens is 288 g/mol. The van der Waals surface area contributed by atoms with Gasteiger partial charge in [-0.15, -0.1) is 0 Å². The van der Waals surface area contributed by atoms with Gasteiger partial charge in [0.15, 0.2) is 9.84 Å². The van der Waals surface area contributed by atoms with Gasteiger partial charge in [0.1, 0.15) is 0 Å². The van der Waals surface area contributed by atoms with Crippen molar-refractivity contribution in [2.45, 2.75) is 25.6 Å². The van der Waals surface area contributed by atoms with Crippen molar-refractivity contribution in [1.29, 1.82) is 0 Å². The number of aromatic nitrogens is 1. The molecule has 1 saturated heterocycles. The van der Waals surface area contributed by atoms with E-state index in [1.54, 1.807) is 0 Å². The second-order valence-corrected chi connectivity index (χ2v) is 7.77. The molecule has 0 aliphatic carbocycles. The Bertz CT molecular complexity index is 774. The van der Waals surface area contributed by atoms with E-state index >= 15 is 0 Å². The molecule has 1 aliphatic heterocycles. The highest BCUT2D eigenvalue weighted by Gasteiger charge is 2.35. The Balaban J connectivity index is 1.72. The fourth-order valence-electron chi connectivity index (χ4n) is 2.66. The first-order chi connectivity index (χ1) is 9.93. The molecule has 5 nitrogen and oxygen atoms in total. The topological polar surface area (TPSA) is 79.3 Å². The van der Waals surface area contributed by atoms with Crippen LogP contribution < -0.4 is 5.32 Å². The molecular formula is C15H18N2O3S. The summed E-state index contributed by atoms with van der Waals surface area (Å²) in [6, 6.07) is 9.56. The third kappa shape index (κ3) is 3.23. The van der Waals surface area contributed by atoms with Crippen molar-refractivity contribution < 1.29 is 13.5 Å². The van der Waals surface area contributed by atoms with E-state index in [4.69, 9.17) is 0 Å². The summed E-state index contributed by atoms with van der Waals surface area (Å²) in [6.07, 6.45) is -0.820. The van der Waals surface area contributed by atoms with Gasteiger partial charge in [-0.2, -0.15) is 0 Å². The second-order valence-electron chi connectivity index (χ2n) is 5.61. The molecule has 0 saturated carbocycles. The summed E-state index contributed by atoms with van der Waals surface area (Å²) >= 11 is 0. The van der Waals surface area contributed by atoms with Crippen LogP contribution in [-0.4, -0.2) is 42.2 Å². The van der Waals surface area contributed by atoms with Gasteiger partial charge in [0, 0.05) is 23.7 Å². The number of rotatable bonds is 3. The van der Waals surface area contributed by atoms with Crippen molar-refractivity contribution in [1.82, 2.24) is 10.3 Å². The number of hydrogen-bond acceptors (Lipinski definition) is 5. The van der Waals surface area contributed by atoms with Crippen LogP contribution in [0.5, 0.6) is 0 Å². The van der Waals surface area contributed by atoms with Crippen LogP contribution in [0.25, 0.3) is 10.9 Å². The number of nitrogens with zero attached hydrogens (tertiary/aromatic N) is 1. The van der Waals surface area contributed by atoms with Gasteiger partial charge in [-0.3, -0.25) is 4.98 Å². The summed E-state index contributed by atoms with van der Waals surface area (Å²) in [4.78, 5) is 4.45. The molecule has 0 radical (unpaired) electrons. The van der Waals surface area contributed by atoms with Crippen molar-refractivity contribution in [2.75, 3.05) is 11.5 Å². The number of fused-ring (bicyclic) bond motifs is 1. The molecule has 6 heteroatoms. The number of aliphatic hydroxyl groups is 1. The van der Waals surface area contributed by atoms with Crippen molar-refractivity contribution >= 4 is 20.7 Å². The minimum Gasteiger partial charge on any atom is -0.390 e. The molecule has 1 aromatic carbocycles. The minimum absolute atomic E-state index is 0.00248. The van der Waals surface area contributed by atoms with E-state index in [0.29, 0.717) is 6.54 Å². The Morgan fingerprint density at radius 1 is 1.29 bits per heavy atom. The fraction of sp³-hybridized carbons (Fsp3) is 0.400. The first kappa shape index (κ1) is 14.4. The molecule has 1 aromatic heterocycles. The lowest BCUT2D eigenvalue weighted by molar-refractivity contribution is 0.165. The summed E-state index contributed by atoms with van der Waals surface area (Å²) in [5.74, 6) is -0.145. The largest absolute Gasteiger partial charge is 0.390 e. The zero-order valence-corrected chi connectivity index (χ0v) is 12.6. The number of sulfone groups is 1. The summed E-state index contributed by atoms with van der Waals surface area (Å²) < 4.78 is 22.9. The standard InChI is InChI=1S/C15H18N2O3S/c1-10-2-4-12-6-11(3-5-13(12)17-10)7-16-14-8-21(19,20)9-15(14)18/h2-6,14-16,18H,7-9H2,1H3/t14-,15-/m1/s1. The minimum atomic E-state index is -3.11. The van der Waals surface area contributed by atoms with Crippen molar-refractivity contribution in [2.24, 2.45) is 0 Å². The van der Waals surface area contributed by atoms with Crippen molar-refractivity contribution in [3.8, 4) is 0 Å². The van der Waals surface area contributed by atoms with Crippen LogP contribution in [0.3, 0.4) is 0 Å². The Labute approximate surface area is 123 Å². The van der Waals surface area contributed by atoms with E-state index in [2.05, 4.69) is 10.3 Å². The zero-order valence-electron chi connectivity index (χ0n) is 11.8. The molecule has 1 fully saturated rings. The molecule has 0 unspecified atom stereocenters. The maximum atomic E-state index is 11.5. The summed E-state index contributed by atoms with van der Waals surface area (Å²) in [6.45, 7) is 2.48. The number of nitrogens with one attached hydrogen (secondary N) is 1. The Morgan fingerprint density at radius 3 is 2.81 bits per heavy atom. The lowest BCUT2D eigenvalue weighted by Crippen LogP contribution is -2.38. The van der Waals surface area contributed by atoms with E-state index in [-0.39, 0.29) is 17.5 Å². The maximum Gasteiger partial charge on any atom is 0.154 e. The molecule has 0 spiro atoms. The van der Waals surface area contributed by atoms with Gasteiger partial charge in [-0.05, 0) is 30.7 Å². The Hall–Kier alpha value is -1.50. The quantitative estimate of drug-likeness (QED) is 0.876.